The maximum Gasteiger partial charge on any atom is 0.277 e. The lowest BCUT2D eigenvalue weighted by molar-refractivity contribution is 0.0998. The van der Waals surface area contributed by atoms with Gasteiger partial charge >= 0.3 is 0 Å². The van der Waals surface area contributed by atoms with Crippen molar-refractivity contribution in [1.82, 2.24) is 9.71 Å². The lowest BCUT2D eigenvalue weighted by Gasteiger charge is -2.24. The summed E-state index contributed by atoms with van der Waals surface area (Å²) < 4.78 is 24.6. The summed E-state index contributed by atoms with van der Waals surface area (Å²) in [6.45, 7) is 3.32. The fourth-order valence-corrected chi connectivity index (χ4v) is 4.66. The minimum Gasteiger partial charge on any atom is -0.429 e. The predicted octanol–water partition coefficient (Wildman–Crippen LogP) is 5.27. The maximum absolute atomic E-state index is 13.0. The fraction of sp³-hybridized carbons (Fsp3) is 0.160. The van der Waals surface area contributed by atoms with Gasteiger partial charge in [-0.1, -0.05) is 41.4 Å². The number of pyridine rings is 2. The molecular formula is C25H21Cl2N3O4S. The van der Waals surface area contributed by atoms with Crippen molar-refractivity contribution in [1.29, 1.82) is 0 Å². The van der Waals surface area contributed by atoms with Gasteiger partial charge in [0.1, 0.15) is 5.36 Å². The van der Waals surface area contributed by atoms with E-state index in [0.717, 1.165) is 5.39 Å². The number of benzene rings is 2. The van der Waals surface area contributed by atoms with Crippen molar-refractivity contribution in [2.75, 3.05) is 6.26 Å². The predicted molar refractivity (Wildman–Crippen MR) is 137 cm³/mol. The van der Waals surface area contributed by atoms with E-state index in [1.54, 1.807) is 50.4 Å². The summed E-state index contributed by atoms with van der Waals surface area (Å²) in [7, 11) is -3.42. The average molecular weight is 530 g/mol. The van der Waals surface area contributed by atoms with Crippen LogP contribution in [0.1, 0.15) is 29.8 Å². The Morgan fingerprint density at radius 1 is 1.06 bits per heavy atom. The van der Waals surface area contributed by atoms with Crippen LogP contribution in [0, 0.1) is 0 Å². The molecule has 0 bridgehead atoms. The fourth-order valence-electron chi connectivity index (χ4n) is 3.57. The zero-order chi connectivity index (χ0) is 25.5. The van der Waals surface area contributed by atoms with E-state index >= 15 is 0 Å². The smallest absolute Gasteiger partial charge is 0.277 e. The number of nitrogens with zero attached hydrogens (tertiary/aromatic N) is 3. The van der Waals surface area contributed by atoms with Gasteiger partial charge in [0.15, 0.2) is 9.84 Å². The average Bonchev–Trinajstić information content (AvgIpc) is 2.79. The molecule has 7 nitrogen and oxygen atoms in total. The van der Waals surface area contributed by atoms with Crippen LogP contribution < -0.4 is 5.36 Å². The summed E-state index contributed by atoms with van der Waals surface area (Å²) in [6, 6.07) is 14.0. The number of hydrogen-bond donors (Lipinski definition) is 1. The number of rotatable bonds is 4. The Hall–Kier alpha value is -3.20. The largest absolute Gasteiger partial charge is 0.429 e. The van der Waals surface area contributed by atoms with Gasteiger partial charge in [-0.2, -0.15) is 4.73 Å². The quantitative estimate of drug-likeness (QED) is 0.363. The van der Waals surface area contributed by atoms with Crippen LogP contribution in [-0.2, 0) is 14.6 Å². The van der Waals surface area contributed by atoms with Crippen molar-refractivity contribution in [3.05, 3.63) is 93.7 Å². The summed E-state index contributed by atoms with van der Waals surface area (Å²) in [6.07, 6.45) is 5.20. The highest BCUT2D eigenvalue weighted by Crippen LogP contribution is 2.36. The molecule has 2 aromatic heterocycles. The molecule has 35 heavy (non-hydrogen) atoms. The van der Waals surface area contributed by atoms with Gasteiger partial charge in [0, 0.05) is 29.0 Å². The molecule has 0 saturated carbocycles. The second-order valence-electron chi connectivity index (χ2n) is 8.56. The van der Waals surface area contributed by atoms with Gasteiger partial charge in [-0.15, -0.1) is 0 Å². The number of fused-ring (bicyclic) bond motifs is 1. The molecule has 0 fully saturated rings. The van der Waals surface area contributed by atoms with Crippen LogP contribution in [0.3, 0.4) is 0 Å². The molecule has 10 heteroatoms. The summed E-state index contributed by atoms with van der Waals surface area (Å²) in [5, 5.41) is 10.4. The maximum atomic E-state index is 13.0. The molecule has 2 heterocycles. The molecule has 0 aliphatic carbocycles. The van der Waals surface area contributed by atoms with Gasteiger partial charge in [-0.05, 0) is 55.3 Å². The number of sulfone groups is 1. The first-order chi connectivity index (χ1) is 16.4. The summed E-state index contributed by atoms with van der Waals surface area (Å²) in [5.74, 6) is -0.587. The van der Waals surface area contributed by atoms with E-state index in [1.807, 2.05) is 18.2 Å². The molecule has 0 aliphatic heterocycles. The molecule has 0 aliphatic rings. The van der Waals surface area contributed by atoms with E-state index in [2.05, 4.69) is 9.98 Å². The molecule has 180 valence electrons. The second-order valence-corrected chi connectivity index (χ2v) is 11.9. The third-order valence-corrected chi connectivity index (χ3v) is 8.55. The van der Waals surface area contributed by atoms with Gasteiger partial charge in [-0.25, -0.2) is 13.4 Å². The second kappa shape index (κ2) is 9.11. The summed E-state index contributed by atoms with van der Waals surface area (Å²) in [5.41, 5.74) is 2.90. The van der Waals surface area contributed by atoms with Gasteiger partial charge in [-0.3, -0.25) is 9.78 Å². The number of carbonyl (C=O) groups is 1. The normalized spacial score (nSPS) is 12.0. The number of hydrogen-bond acceptors (Lipinski definition) is 5. The molecule has 1 N–H and O–H groups in total. The monoisotopic (exact) mass is 529 g/mol. The van der Waals surface area contributed by atoms with Crippen LogP contribution in [0.5, 0.6) is 0 Å². The Balaban J connectivity index is 1.89. The molecule has 4 aromatic rings. The molecule has 1 amide bonds. The Labute approximate surface area is 212 Å². The first kappa shape index (κ1) is 24.9. The van der Waals surface area contributed by atoms with E-state index in [0.29, 0.717) is 26.9 Å². The molecule has 0 atom stereocenters. The highest BCUT2D eigenvalue weighted by Gasteiger charge is 2.33. The molecule has 0 radical (unpaired) electrons. The number of aromatic nitrogens is 2. The van der Waals surface area contributed by atoms with E-state index in [1.165, 1.54) is 18.6 Å². The van der Waals surface area contributed by atoms with Crippen LogP contribution in [0.2, 0.25) is 10.0 Å². The molecule has 4 rings (SSSR count). The topological polar surface area (TPSA) is 102 Å². The number of amides is 1. The van der Waals surface area contributed by atoms with Crippen molar-refractivity contribution < 1.29 is 18.4 Å². The molecule has 0 unspecified atom stereocenters. The number of halogens is 2. The molecule has 2 aromatic carbocycles. The number of carbonyl (C=O) groups excluding carboxylic acids is 1. The van der Waals surface area contributed by atoms with E-state index in [4.69, 9.17) is 23.2 Å². The minimum atomic E-state index is -3.42. The van der Waals surface area contributed by atoms with Crippen molar-refractivity contribution in [3.8, 4) is 11.1 Å². The lowest BCUT2D eigenvalue weighted by atomic mass is 9.93. The standard InChI is InChI=1S/C25H21Cl2N3O4S/c1-25(2,35(3,33)34)18-11-16-8-5-9-28-22(16)19(12-18)15-6-4-7-17(10-15)24(31)29-23-20(26)13-30(32)14-21(23)27/h4-14,32H,1-3H3. The minimum absolute atomic E-state index is 0.00964. The SMILES string of the molecule is CC(C)(c1cc(-c2cccc(C(=O)N=c3c(Cl)cn(O)cc3Cl)c2)c2ncccc2c1)S(C)(=O)=O. The van der Waals surface area contributed by atoms with Crippen molar-refractivity contribution in [3.63, 3.8) is 0 Å². The van der Waals surface area contributed by atoms with Crippen LogP contribution in [0.4, 0.5) is 0 Å². The molecule has 0 spiro atoms. The van der Waals surface area contributed by atoms with Gasteiger partial charge in [0.05, 0.1) is 32.7 Å². The third-order valence-electron chi connectivity index (χ3n) is 5.90. The van der Waals surface area contributed by atoms with Crippen LogP contribution in [-0.4, -0.2) is 35.5 Å². The highest BCUT2D eigenvalue weighted by atomic mass is 35.5. The van der Waals surface area contributed by atoms with Crippen LogP contribution in [0.25, 0.3) is 22.0 Å². The highest BCUT2D eigenvalue weighted by molar-refractivity contribution is 7.91. The Morgan fingerprint density at radius 3 is 2.40 bits per heavy atom. The zero-order valence-corrected chi connectivity index (χ0v) is 21.4. The lowest BCUT2D eigenvalue weighted by Crippen LogP contribution is -2.28. The van der Waals surface area contributed by atoms with E-state index in [9.17, 15) is 18.4 Å². The van der Waals surface area contributed by atoms with Gasteiger partial charge < -0.3 is 5.21 Å². The van der Waals surface area contributed by atoms with E-state index < -0.39 is 20.5 Å². The third kappa shape index (κ3) is 4.82. The van der Waals surface area contributed by atoms with E-state index in [-0.39, 0.29) is 21.0 Å². The van der Waals surface area contributed by atoms with Crippen molar-refractivity contribution >= 4 is 49.8 Å². The van der Waals surface area contributed by atoms with Crippen LogP contribution >= 0.6 is 23.2 Å². The summed E-state index contributed by atoms with van der Waals surface area (Å²) in [4.78, 5) is 21.5. The summed E-state index contributed by atoms with van der Waals surface area (Å²) >= 11 is 12.2. The molecule has 0 saturated heterocycles. The van der Waals surface area contributed by atoms with Gasteiger partial charge in [0.2, 0.25) is 0 Å². The Bertz CT molecular complexity index is 1640. The first-order valence-corrected chi connectivity index (χ1v) is 13.1. The van der Waals surface area contributed by atoms with Crippen molar-refractivity contribution in [2.45, 2.75) is 18.6 Å². The van der Waals surface area contributed by atoms with Crippen LogP contribution in [0.15, 0.2) is 72.1 Å². The Kier molecular flexibility index (Phi) is 6.48. The molecular weight excluding hydrogens is 509 g/mol. The Morgan fingerprint density at radius 2 is 1.74 bits per heavy atom. The first-order valence-electron chi connectivity index (χ1n) is 10.4. The zero-order valence-electron chi connectivity index (χ0n) is 19.0. The van der Waals surface area contributed by atoms with Gasteiger partial charge in [0.25, 0.3) is 5.91 Å². The van der Waals surface area contributed by atoms with Crippen molar-refractivity contribution in [2.24, 2.45) is 4.99 Å².